The molecule has 0 saturated carbocycles. The average Bonchev–Trinajstić information content (AvgIpc) is 3.18. The van der Waals surface area contributed by atoms with Crippen molar-refractivity contribution >= 4 is 17.4 Å². The Bertz CT molecular complexity index is 909. The molecule has 3 heterocycles. The zero-order valence-electron chi connectivity index (χ0n) is 19.3. The lowest BCUT2D eigenvalue weighted by Gasteiger charge is -2.32. The Morgan fingerprint density at radius 1 is 1.17 bits per heavy atom. The third-order valence-corrected chi connectivity index (χ3v) is 5.44. The molecule has 2 aromatic rings. The molecule has 0 unspecified atom stereocenters. The van der Waals surface area contributed by atoms with Gasteiger partial charge in [-0.25, -0.2) is 0 Å². The number of anilines is 2. The minimum Gasteiger partial charge on any atom is -0.338 e. The highest BCUT2D eigenvalue weighted by Gasteiger charge is 2.30. The smallest absolute Gasteiger partial charge is 0.219 e. The van der Waals surface area contributed by atoms with Gasteiger partial charge in [-0.15, -0.1) is 0 Å². The fraction of sp³-hybridized carbons (Fsp3) is 0.542. The lowest BCUT2D eigenvalue weighted by atomic mass is 9.98. The normalized spacial score (nSPS) is 14.3. The van der Waals surface area contributed by atoms with E-state index in [0.717, 1.165) is 50.4 Å². The molecule has 0 radical (unpaired) electrons. The monoisotopic (exact) mass is 409 g/mol. The second kappa shape index (κ2) is 10.8. The van der Waals surface area contributed by atoms with Gasteiger partial charge in [0, 0.05) is 49.9 Å². The van der Waals surface area contributed by atoms with Crippen LogP contribution in [0.4, 0.5) is 11.5 Å². The number of aryl methyl sites for hydroxylation is 2. The third-order valence-electron chi connectivity index (χ3n) is 5.44. The van der Waals surface area contributed by atoms with E-state index in [-0.39, 0.29) is 5.91 Å². The first-order valence-electron chi connectivity index (χ1n) is 11.3. The molecule has 1 amide bonds. The summed E-state index contributed by atoms with van der Waals surface area (Å²) in [4.78, 5) is 16.1. The van der Waals surface area contributed by atoms with Crippen LogP contribution in [0.25, 0.3) is 0 Å². The zero-order valence-corrected chi connectivity index (χ0v) is 19.3. The molecule has 2 aliphatic heterocycles. The third kappa shape index (κ3) is 4.51. The van der Waals surface area contributed by atoms with Gasteiger partial charge in [0.05, 0.1) is 18.2 Å². The highest BCUT2D eigenvalue weighted by atomic mass is 16.2. The van der Waals surface area contributed by atoms with Crippen LogP contribution in [-0.4, -0.2) is 33.7 Å². The van der Waals surface area contributed by atoms with Gasteiger partial charge in [-0.3, -0.25) is 9.48 Å². The van der Waals surface area contributed by atoms with E-state index in [1.54, 1.807) is 6.92 Å². The number of aromatic nitrogens is 2. The largest absolute Gasteiger partial charge is 0.338 e. The molecule has 0 atom stereocenters. The minimum atomic E-state index is 0.114. The molecule has 4 rings (SSSR count). The van der Waals surface area contributed by atoms with Crippen molar-refractivity contribution in [2.24, 2.45) is 0 Å². The number of benzene rings is 1. The van der Waals surface area contributed by atoms with Crippen molar-refractivity contribution in [1.82, 2.24) is 14.7 Å². The van der Waals surface area contributed by atoms with Crippen molar-refractivity contribution in [3.05, 3.63) is 40.6 Å². The highest BCUT2D eigenvalue weighted by molar-refractivity contribution is 5.75. The molecular formula is C24H35N5O. The maximum absolute atomic E-state index is 11.9. The molecule has 0 spiro atoms. The van der Waals surface area contributed by atoms with Crippen LogP contribution in [0.3, 0.4) is 0 Å². The molecule has 0 N–H and O–H groups in total. The number of rotatable bonds is 2. The van der Waals surface area contributed by atoms with Crippen LogP contribution in [-0.2, 0) is 30.7 Å². The number of amides is 1. The van der Waals surface area contributed by atoms with Crippen molar-refractivity contribution in [2.75, 3.05) is 18.0 Å². The summed E-state index contributed by atoms with van der Waals surface area (Å²) in [5.74, 6) is 1.09. The fourth-order valence-corrected chi connectivity index (χ4v) is 4.11. The van der Waals surface area contributed by atoms with E-state index in [9.17, 15) is 10.1 Å². The Hall–Kier alpha value is -2.81. The molecule has 0 bridgehead atoms. The van der Waals surface area contributed by atoms with Crippen molar-refractivity contribution in [2.45, 2.75) is 73.9 Å². The predicted octanol–water partition coefficient (Wildman–Crippen LogP) is 4.82. The molecule has 2 aliphatic rings. The van der Waals surface area contributed by atoms with E-state index in [1.807, 2.05) is 50.8 Å². The quantitative estimate of drug-likeness (QED) is 0.713. The van der Waals surface area contributed by atoms with Crippen LogP contribution >= 0.6 is 0 Å². The van der Waals surface area contributed by atoms with E-state index < -0.39 is 0 Å². The first-order valence-corrected chi connectivity index (χ1v) is 11.3. The second-order valence-electron chi connectivity index (χ2n) is 6.97. The summed E-state index contributed by atoms with van der Waals surface area (Å²) in [6, 6.07) is 8.14. The molecule has 6 nitrogen and oxygen atoms in total. The van der Waals surface area contributed by atoms with Crippen LogP contribution in [0, 0.1) is 11.3 Å². The van der Waals surface area contributed by atoms with Crippen LogP contribution in [0.5, 0.6) is 0 Å². The van der Waals surface area contributed by atoms with Gasteiger partial charge >= 0.3 is 0 Å². The number of nitriles is 1. The SMILES string of the molecule is CC.CC.CCn1nc(N2CCCc3cc(C#N)ccc32)c2c1CCN(C(C)=O)C2. The van der Waals surface area contributed by atoms with E-state index in [2.05, 4.69) is 22.6 Å². The Balaban J connectivity index is 0.000000757. The first-order chi connectivity index (χ1) is 14.6. The van der Waals surface area contributed by atoms with Gasteiger partial charge in [0.1, 0.15) is 0 Å². The Kier molecular flexibility index (Phi) is 8.46. The van der Waals surface area contributed by atoms with E-state index in [4.69, 9.17) is 5.10 Å². The maximum atomic E-state index is 11.9. The summed E-state index contributed by atoms with van der Waals surface area (Å²) < 4.78 is 2.08. The number of fused-ring (bicyclic) bond motifs is 2. The zero-order chi connectivity index (χ0) is 22.3. The first kappa shape index (κ1) is 23.5. The van der Waals surface area contributed by atoms with Crippen molar-refractivity contribution < 1.29 is 4.79 Å². The predicted molar refractivity (Wildman–Crippen MR) is 122 cm³/mol. The van der Waals surface area contributed by atoms with Gasteiger partial charge in [0.15, 0.2) is 5.82 Å². The summed E-state index contributed by atoms with van der Waals surface area (Å²) in [5, 5.41) is 14.1. The molecular weight excluding hydrogens is 374 g/mol. The van der Waals surface area contributed by atoms with Gasteiger partial charge in [0.25, 0.3) is 0 Å². The van der Waals surface area contributed by atoms with Crippen LogP contribution in [0.2, 0.25) is 0 Å². The molecule has 162 valence electrons. The molecule has 0 saturated heterocycles. The Morgan fingerprint density at radius 2 is 1.90 bits per heavy atom. The van der Waals surface area contributed by atoms with E-state index >= 15 is 0 Å². The number of nitrogens with zero attached hydrogens (tertiary/aromatic N) is 5. The van der Waals surface area contributed by atoms with Gasteiger partial charge in [0.2, 0.25) is 5.91 Å². The van der Waals surface area contributed by atoms with Gasteiger partial charge in [-0.05, 0) is 43.5 Å². The Morgan fingerprint density at radius 3 is 2.53 bits per heavy atom. The minimum absolute atomic E-state index is 0.114. The van der Waals surface area contributed by atoms with Gasteiger partial charge in [-0.1, -0.05) is 27.7 Å². The highest BCUT2D eigenvalue weighted by Crippen LogP contribution is 2.37. The summed E-state index contributed by atoms with van der Waals surface area (Å²) >= 11 is 0. The molecule has 0 fully saturated rings. The summed E-state index contributed by atoms with van der Waals surface area (Å²) in [7, 11) is 0. The standard InChI is InChI=1S/C20H23N5O.2C2H6/c1-3-25-19-8-10-23(14(2)26)13-17(19)20(22-25)24-9-4-5-16-11-15(12-21)6-7-18(16)24;2*1-2/h6-7,11H,3-5,8-10,13H2,1-2H3;2*1-2H3. The number of hydrogen-bond donors (Lipinski definition) is 0. The number of carbonyl (C=O) groups excluding carboxylic acids is 1. The van der Waals surface area contributed by atoms with Crippen LogP contribution in [0.15, 0.2) is 18.2 Å². The van der Waals surface area contributed by atoms with E-state index in [0.29, 0.717) is 12.1 Å². The Labute approximate surface area is 181 Å². The summed E-state index contributed by atoms with van der Waals surface area (Å²) in [6.07, 6.45) is 2.87. The lowest BCUT2D eigenvalue weighted by molar-refractivity contribution is -0.129. The maximum Gasteiger partial charge on any atom is 0.219 e. The molecule has 1 aromatic heterocycles. The molecule has 1 aromatic carbocycles. The summed E-state index contributed by atoms with van der Waals surface area (Å²) in [5.41, 5.74) is 5.47. The van der Waals surface area contributed by atoms with Crippen molar-refractivity contribution in [3.8, 4) is 6.07 Å². The number of carbonyl (C=O) groups is 1. The van der Waals surface area contributed by atoms with Crippen molar-refractivity contribution in [3.63, 3.8) is 0 Å². The summed E-state index contributed by atoms with van der Waals surface area (Å²) in [6.45, 7) is 14.9. The van der Waals surface area contributed by atoms with Crippen LogP contribution in [0.1, 0.15) is 70.3 Å². The van der Waals surface area contributed by atoms with Crippen LogP contribution < -0.4 is 4.90 Å². The van der Waals surface area contributed by atoms with Crippen molar-refractivity contribution in [1.29, 1.82) is 5.26 Å². The molecule has 0 aliphatic carbocycles. The van der Waals surface area contributed by atoms with Gasteiger partial charge < -0.3 is 9.80 Å². The average molecular weight is 410 g/mol. The topological polar surface area (TPSA) is 65.2 Å². The number of hydrogen-bond acceptors (Lipinski definition) is 4. The second-order valence-corrected chi connectivity index (χ2v) is 6.97. The fourth-order valence-electron chi connectivity index (χ4n) is 4.11. The molecule has 6 heteroatoms. The van der Waals surface area contributed by atoms with E-state index in [1.165, 1.54) is 16.8 Å². The molecule has 30 heavy (non-hydrogen) atoms. The van der Waals surface area contributed by atoms with Gasteiger partial charge in [-0.2, -0.15) is 10.4 Å². The lowest BCUT2D eigenvalue weighted by Crippen LogP contribution is -2.35.